The number of carbonyl (C=O) groups excluding carboxylic acids is 1. The van der Waals surface area contributed by atoms with Gasteiger partial charge in [-0.05, 0) is 30.4 Å². The van der Waals surface area contributed by atoms with E-state index in [9.17, 15) is 14.7 Å². The highest BCUT2D eigenvalue weighted by Crippen LogP contribution is 2.31. The topological polar surface area (TPSA) is 70.5 Å². The predicted octanol–water partition coefficient (Wildman–Crippen LogP) is 3.47. The summed E-state index contributed by atoms with van der Waals surface area (Å²) >= 11 is 1.40. The largest absolute Gasteiger partial charge is 0.481 e. The standard InChI is InChI=1S/C19H22N2O3S/c1-11(2)8-16-17(25-12(3)20-16)18(22)21-9-13-6-4-5-7-14(13)15(10-21)19(23)24/h4-7,11,15H,8-10H2,1-3H3,(H,23,24). The van der Waals surface area contributed by atoms with E-state index < -0.39 is 11.9 Å². The van der Waals surface area contributed by atoms with Crippen LogP contribution in [-0.4, -0.2) is 33.4 Å². The van der Waals surface area contributed by atoms with Crippen LogP contribution in [0.15, 0.2) is 24.3 Å². The highest BCUT2D eigenvalue weighted by molar-refractivity contribution is 7.13. The van der Waals surface area contributed by atoms with Crippen molar-refractivity contribution in [3.05, 3.63) is 51.0 Å². The Balaban J connectivity index is 1.93. The molecular formula is C19H22N2O3S. The molecule has 6 heteroatoms. The molecule has 3 rings (SSSR count). The van der Waals surface area contributed by atoms with E-state index >= 15 is 0 Å². The summed E-state index contributed by atoms with van der Waals surface area (Å²) in [4.78, 5) is 31.6. The van der Waals surface area contributed by atoms with Crippen LogP contribution in [0.2, 0.25) is 0 Å². The van der Waals surface area contributed by atoms with Gasteiger partial charge in [-0.15, -0.1) is 11.3 Å². The molecule has 1 aliphatic rings. The number of aliphatic carboxylic acids is 1. The number of aromatic nitrogens is 1. The van der Waals surface area contributed by atoms with Crippen molar-refractivity contribution in [2.24, 2.45) is 5.92 Å². The van der Waals surface area contributed by atoms with Crippen LogP contribution in [0.4, 0.5) is 0 Å². The van der Waals surface area contributed by atoms with Crippen LogP contribution in [0.25, 0.3) is 0 Å². The van der Waals surface area contributed by atoms with Crippen LogP contribution in [0, 0.1) is 12.8 Å². The van der Waals surface area contributed by atoms with E-state index in [4.69, 9.17) is 0 Å². The van der Waals surface area contributed by atoms with Crippen molar-refractivity contribution in [2.45, 2.75) is 39.7 Å². The van der Waals surface area contributed by atoms with E-state index in [0.29, 0.717) is 17.3 Å². The molecule has 25 heavy (non-hydrogen) atoms. The molecule has 1 amide bonds. The summed E-state index contributed by atoms with van der Waals surface area (Å²) in [5.74, 6) is -1.28. The average Bonchev–Trinajstić information content (AvgIpc) is 2.92. The number of thiazole rings is 1. The van der Waals surface area contributed by atoms with Gasteiger partial charge in [-0.2, -0.15) is 0 Å². The lowest BCUT2D eigenvalue weighted by Crippen LogP contribution is -2.40. The first-order valence-corrected chi connectivity index (χ1v) is 9.24. The van der Waals surface area contributed by atoms with Crippen molar-refractivity contribution in [3.8, 4) is 0 Å². The summed E-state index contributed by atoms with van der Waals surface area (Å²) in [5, 5.41) is 10.5. The fourth-order valence-electron chi connectivity index (χ4n) is 3.28. The van der Waals surface area contributed by atoms with E-state index in [-0.39, 0.29) is 12.5 Å². The third kappa shape index (κ3) is 3.58. The minimum absolute atomic E-state index is 0.109. The van der Waals surface area contributed by atoms with Gasteiger partial charge in [-0.1, -0.05) is 38.1 Å². The van der Waals surface area contributed by atoms with Gasteiger partial charge >= 0.3 is 5.97 Å². The van der Waals surface area contributed by atoms with Crippen molar-refractivity contribution < 1.29 is 14.7 Å². The summed E-state index contributed by atoms with van der Waals surface area (Å²) in [5.41, 5.74) is 2.54. The second kappa shape index (κ2) is 6.96. The Kier molecular flexibility index (Phi) is 4.90. The third-order valence-electron chi connectivity index (χ3n) is 4.38. The lowest BCUT2D eigenvalue weighted by molar-refractivity contribution is -0.139. The number of nitrogens with zero attached hydrogens (tertiary/aromatic N) is 2. The molecule has 1 aliphatic heterocycles. The molecule has 0 saturated carbocycles. The Bertz CT molecular complexity index is 813. The number of hydrogen-bond donors (Lipinski definition) is 1. The summed E-state index contributed by atoms with van der Waals surface area (Å²) in [6.07, 6.45) is 0.748. The number of fused-ring (bicyclic) bond motifs is 1. The van der Waals surface area contributed by atoms with Gasteiger partial charge in [0.25, 0.3) is 5.91 Å². The summed E-state index contributed by atoms with van der Waals surface area (Å²) < 4.78 is 0. The molecule has 0 bridgehead atoms. The van der Waals surface area contributed by atoms with E-state index in [2.05, 4.69) is 18.8 Å². The average molecular weight is 358 g/mol. The van der Waals surface area contributed by atoms with Crippen LogP contribution in [0.5, 0.6) is 0 Å². The highest BCUT2D eigenvalue weighted by atomic mass is 32.1. The molecule has 0 radical (unpaired) electrons. The molecule has 5 nitrogen and oxygen atoms in total. The fourth-order valence-corrected chi connectivity index (χ4v) is 4.19. The van der Waals surface area contributed by atoms with Crippen LogP contribution < -0.4 is 0 Å². The summed E-state index contributed by atoms with van der Waals surface area (Å²) in [6.45, 7) is 6.73. The smallest absolute Gasteiger partial charge is 0.312 e. The highest BCUT2D eigenvalue weighted by Gasteiger charge is 2.34. The van der Waals surface area contributed by atoms with Gasteiger partial charge in [0, 0.05) is 13.1 Å². The zero-order chi connectivity index (χ0) is 18.1. The van der Waals surface area contributed by atoms with Crippen molar-refractivity contribution in [2.75, 3.05) is 6.54 Å². The first-order valence-electron chi connectivity index (χ1n) is 8.43. The van der Waals surface area contributed by atoms with Crippen molar-refractivity contribution >= 4 is 23.2 Å². The second-order valence-electron chi connectivity index (χ2n) is 6.88. The maximum Gasteiger partial charge on any atom is 0.312 e. The summed E-state index contributed by atoms with van der Waals surface area (Å²) in [7, 11) is 0. The summed E-state index contributed by atoms with van der Waals surface area (Å²) in [6, 6.07) is 7.47. The minimum Gasteiger partial charge on any atom is -0.481 e. The molecule has 1 atom stereocenters. The van der Waals surface area contributed by atoms with Crippen LogP contribution >= 0.6 is 11.3 Å². The van der Waals surface area contributed by atoms with Gasteiger partial charge in [0.1, 0.15) is 4.88 Å². The van der Waals surface area contributed by atoms with Gasteiger partial charge < -0.3 is 10.0 Å². The van der Waals surface area contributed by atoms with Gasteiger partial charge in [-0.25, -0.2) is 4.98 Å². The van der Waals surface area contributed by atoms with Gasteiger partial charge in [0.05, 0.1) is 16.6 Å². The van der Waals surface area contributed by atoms with Crippen LogP contribution in [0.3, 0.4) is 0 Å². The van der Waals surface area contributed by atoms with Gasteiger partial charge in [0.2, 0.25) is 0 Å². The third-order valence-corrected chi connectivity index (χ3v) is 5.38. The van der Waals surface area contributed by atoms with E-state index in [1.807, 2.05) is 31.2 Å². The van der Waals surface area contributed by atoms with E-state index in [1.165, 1.54) is 11.3 Å². The zero-order valence-corrected chi connectivity index (χ0v) is 15.5. The molecule has 0 fully saturated rings. The van der Waals surface area contributed by atoms with Crippen molar-refractivity contribution in [1.82, 2.24) is 9.88 Å². The monoisotopic (exact) mass is 358 g/mol. The number of hydrogen-bond acceptors (Lipinski definition) is 4. The molecule has 0 aliphatic carbocycles. The fraction of sp³-hybridized carbons (Fsp3) is 0.421. The molecule has 2 aromatic rings. The molecule has 132 valence electrons. The lowest BCUT2D eigenvalue weighted by atomic mass is 9.89. The van der Waals surface area contributed by atoms with Crippen molar-refractivity contribution in [3.63, 3.8) is 0 Å². The normalized spacial score (nSPS) is 16.8. The Morgan fingerprint density at radius 3 is 2.76 bits per heavy atom. The number of benzene rings is 1. The quantitative estimate of drug-likeness (QED) is 0.908. The number of carboxylic acids is 1. The molecular weight excluding hydrogens is 336 g/mol. The second-order valence-corrected chi connectivity index (χ2v) is 8.09. The Labute approximate surface area is 151 Å². The maximum absolute atomic E-state index is 13.1. The number of amides is 1. The Morgan fingerprint density at radius 2 is 2.08 bits per heavy atom. The van der Waals surface area contributed by atoms with Gasteiger partial charge in [-0.3, -0.25) is 9.59 Å². The maximum atomic E-state index is 13.1. The zero-order valence-electron chi connectivity index (χ0n) is 14.7. The van der Waals surface area contributed by atoms with Crippen LogP contribution in [-0.2, 0) is 17.8 Å². The SMILES string of the molecule is Cc1nc(CC(C)C)c(C(=O)N2Cc3ccccc3C(C(=O)O)C2)s1. The molecule has 1 aromatic carbocycles. The predicted molar refractivity (Wildman–Crippen MR) is 97.0 cm³/mol. The lowest BCUT2D eigenvalue weighted by Gasteiger charge is -2.32. The van der Waals surface area contributed by atoms with Crippen LogP contribution in [0.1, 0.15) is 51.3 Å². The molecule has 1 N–H and O–H groups in total. The van der Waals surface area contributed by atoms with E-state index in [1.54, 1.807) is 4.90 Å². The Hall–Kier alpha value is -2.21. The number of carboxylic acid groups (broad SMARTS) is 1. The van der Waals surface area contributed by atoms with Gasteiger partial charge in [0.15, 0.2) is 0 Å². The number of carbonyl (C=O) groups is 2. The molecule has 2 heterocycles. The molecule has 1 aromatic heterocycles. The number of aryl methyl sites for hydroxylation is 1. The Morgan fingerprint density at radius 1 is 1.36 bits per heavy atom. The molecule has 0 saturated heterocycles. The molecule has 0 spiro atoms. The molecule has 1 unspecified atom stereocenters. The first kappa shape index (κ1) is 17.6. The first-order chi connectivity index (χ1) is 11.9. The van der Waals surface area contributed by atoms with Crippen molar-refractivity contribution in [1.29, 1.82) is 0 Å². The number of rotatable bonds is 4. The minimum atomic E-state index is -0.896. The van der Waals surface area contributed by atoms with E-state index in [0.717, 1.165) is 28.2 Å².